The molecule has 2 aromatic heterocycles. The first-order valence-electron chi connectivity index (χ1n) is 10.7. The van der Waals surface area contributed by atoms with Crippen LogP contribution in [0.15, 0.2) is 15.6 Å². The number of nitrogens with zero attached hydrogens (tertiary/aromatic N) is 6. The lowest BCUT2D eigenvalue weighted by Crippen LogP contribution is -2.52. The van der Waals surface area contributed by atoms with Gasteiger partial charge in [-0.05, 0) is 19.8 Å². The molecule has 3 rings (SSSR count). The normalized spacial score (nSPS) is 14.9. The van der Waals surface area contributed by atoms with Crippen LogP contribution in [0.2, 0.25) is 0 Å². The molecule has 0 unspecified atom stereocenters. The molecule has 168 valence electrons. The summed E-state index contributed by atoms with van der Waals surface area (Å²) in [6.07, 6.45) is 3.04. The Hall–Kier alpha value is -1.43. The predicted molar refractivity (Wildman–Crippen MR) is 133 cm³/mol. The average Bonchev–Trinajstić information content (AvgIpc) is 3.42. The van der Waals surface area contributed by atoms with Crippen LogP contribution in [0.4, 0.5) is 5.13 Å². The third kappa shape index (κ3) is 6.29. The van der Waals surface area contributed by atoms with E-state index in [9.17, 15) is 0 Å². The zero-order chi connectivity index (χ0) is 20.6. The molecule has 1 aliphatic heterocycles. The molecule has 0 aromatic carbocycles. The molecular weight excluding hydrogens is 513 g/mol. The van der Waals surface area contributed by atoms with Gasteiger partial charge < -0.3 is 19.6 Å². The molecule has 0 spiro atoms. The van der Waals surface area contributed by atoms with E-state index in [1.807, 2.05) is 0 Å². The number of nitrogens with one attached hydrogen (secondary N) is 1. The monoisotopic (exact) mass is 547 g/mol. The van der Waals surface area contributed by atoms with Crippen LogP contribution in [-0.4, -0.2) is 58.1 Å². The number of aliphatic imine (C=N–C) groups is 1. The lowest BCUT2D eigenvalue weighted by atomic mass is 9.99. The fraction of sp³-hybridized carbons (Fsp3) is 0.700. The number of piperazine rings is 1. The third-order valence-corrected chi connectivity index (χ3v) is 6.14. The van der Waals surface area contributed by atoms with E-state index in [4.69, 9.17) is 9.52 Å². The molecule has 2 aromatic rings. The van der Waals surface area contributed by atoms with Gasteiger partial charge in [0.2, 0.25) is 5.13 Å². The van der Waals surface area contributed by atoms with Crippen molar-refractivity contribution in [3.05, 3.63) is 23.3 Å². The zero-order valence-electron chi connectivity index (χ0n) is 18.4. The Bertz CT molecular complexity index is 782. The van der Waals surface area contributed by atoms with E-state index in [1.165, 1.54) is 11.5 Å². The van der Waals surface area contributed by atoms with E-state index >= 15 is 0 Å². The van der Waals surface area contributed by atoms with Crippen LogP contribution in [0, 0.1) is 0 Å². The summed E-state index contributed by atoms with van der Waals surface area (Å²) >= 11 is 1.50. The first kappa shape index (κ1) is 24.8. The highest BCUT2D eigenvalue weighted by Gasteiger charge is 2.22. The van der Waals surface area contributed by atoms with Gasteiger partial charge in [0.05, 0.1) is 5.69 Å². The molecule has 8 nitrogen and oxygen atoms in total. The van der Waals surface area contributed by atoms with Gasteiger partial charge in [-0.15, -0.1) is 24.0 Å². The van der Waals surface area contributed by atoms with Gasteiger partial charge in [-0.3, -0.25) is 0 Å². The smallest absolute Gasteiger partial charge is 0.205 e. The van der Waals surface area contributed by atoms with Gasteiger partial charge in [-0.25, -0.2) is 9.98 Å². The van der Waals surface area contributed by atoms with Gasteiger partial charge in [0.1, 0.15) is 12.4 Å². The Morgan fingerprint density at radius 3 is 2.53 bits per heavy atom. The van der Waals surface area contributed by atoms with E-state index in [2.05, 4.69) is 63.4 Å². The van der Waals surface area contributed by atoms with Crippen molar-refractivity contribution in [2.24, 2.45) is 4.99 Å². The molecule has 1 aliphatic rings. The van der Waals surface area contributed by atoms with E-state index < -0.39 is 0 Å². The molecule has 0 radical (unpaired) electrons. The third-order valence-electron chi connectivity index (χ3n) is 5.32. The summed E-state index contributed by atoms with van der Waals surface area (Å²) in [6, 6.07) is 2.06. The van der Waals surface area contributed by atoms with Crippen LogP contribution >= 0.6 is 35.5 Å². The maximum atomic E-state index is 5.53. The van der Waals surface area contributed by atoms with Crippen LogP contribution in [0.1, 0.15) is 63.7 Å². The summed E-state index contributed by atoms with van der Waals surface area (Å²) in [5.74, 6) is 3.15. The SMILES string of the molecule is CCNC(=NCc1cc(C(CC)CC)no1)N1CCN(c2nc(CC)ns2)CC1.I. The minimum absolute atomic E-state index is 0. The van der Waals surface area contributed by atoms with Gasteiger partial charge >= 0.3 is 0 Å². The van der Waals surface area contributed by atoms with Crippen LogP contribution < -0.4 is 10.2 Å². The minimum atomic E-state index is 0. The molecule has 10 heteroatoms. The maximum absolute atomic E-state index is 5.53. The first-order chi connectivity index (χ1) is 14.2. The van der Waals surface area contributed by atoms with E-state index in [0.29, 0.717) is 12.5 Å². The Labute approximate surface area is 200 Å². The quantitative estimate of drug-likeness (QED) is 0.305. The van der Waals surface area contributed by atoms with Crippen molar-refractivity contribution in [2.45, 2.75) is 59.4 Å². The van der Waals surface area contributed by atoms with E-state index in [-0.39, 0.29) is 24.0 Å². The van der Waals surface area contributed by atoms with Gasteiger partial charge in [-0.2, -0.15) is 4.37 Å². The Kier molecular flexibility index (Phi) is 10.3. The Morgan fingerprint density at radius 2 is 1.93 bits per heavy atom. The zero-order valence-corrected chi connectivity index (χ0v) is 21.6. The summed E-state index contributed by atoms with van der Waals surface area (Å²) in [4.78, 5) is 14.0. The highest BCUT2D eigenvalue weighted by Crippen LogP contribution is 2.23. The molecule has 1 N–H and O–H groups in total. The standard InChI is InChI=1S/C20H33N7OS.HI/c1-5-15(6-2)17-13-16(28-24-17)14-22-19(21-8-4)26-9-11-27(12-10-26)20-23-18(7-3)25-29-20;/h13,15H,5-12,14H2,1-4H3,(H,21,22);1H. The van der Waals surface area contributed by atoms with Gasteiger partial charge in [-0.1, -0.05) is 25.9 Å². The maximum Gasteiger partial charge on any atom is 0.205 e. The summed E-state index contributed by atoms with van der Waals surface area (Å²) in [5, 5.41) is 8.69. The number of rotatable bonds is 8. The van der Waals surface area contributed by atoms with Crippen molar-refractivity contribution in [3.8, 4) is 0 Å². The molecule has 0 amide bonds. The van der Waals surface area contributed by atoms with Gasteiger partial charge in [0.25, 0.3) is 0 Å². The fourth-order valence-electron chi connectivity index (χ4n) is 3.51. The lowest BCUT2D eigenvalue weighted by molar-refractivity contribution is 0.362. The summed E-state index contributed by atoms with van der Waals surface area (Å²) in [6.45, 7) is 13.6. The summed E-state index contributed by atoms with van der Waals surface area (Å²) < 4.78 is 9.93. The van der Waals surface area contributed by atoms with Crippen molar-refractivity contribution in [2.75, 3.05) is 37.6 Å². The number of guanidine groups is 1. The van der Waals surface area contributed by atoms with Crippen molar-refractivity contribution in [1.82, 2.24) is 24.7 Å². The van der Waals surface area contributed by atoms with E-state index in [1.54, 1.807) is 0 Å². The van der Waals surface area contributed by atoms with Crippen LogP contribution in [0.3, 0.4) is 0 Å². The van der Waals surface area contributed by atoms with Gasteiger partial charge in [0.15, 0.2) is 11.7 Å². The van der Waals surface area contributed by atoms with Crippen molar-refractivity contribution in [1.29, 1.82) is 0 Å². The molecule has 30 heavy (non-hydrogen) atoms. The van der Waals surface area contributed by atoms with Crippen LogP contribution in [0.5, 0.6) is 0 Å². The number of hydrogen-bond acceptors (Lipinski definition) is 7. The molecule has 1 fully saturated rings. The van der Waals surface area contributed by atoms with Crippen LogP contribution in [0.25, 0.3) is 0 Å². The predicted octanol–water partition coefficient (Wildman–Crippen LogP) is 3.90. The Morgan fingerprint density at radius 1 is 1.20 bits per heavy atom. The summed E-state index contributed by atoms with van der Waals surface area (Å²) in [5.41, 5.74) is 1.04. The van der Waals surface area contributed by atoms with Crippen molar-refractivity contribution in [3.63, 3.8) is 0 Å². The molecule has 0 bridgehead atoms. The average molecular weight is 548 g/mol. The molecule has 0 atom stereocenters. The number of aromatic nitrogens is 3. The second-order valence-electron chi connectivity index (χ2n) is 7.22. The highest BCUT2D eigenvalue weighted by atomic mass is 127. The second-order valence-corrected chi connectivity index (χ2v) is 7.95. The van der Waals surface area contributed by atoms with Gasteiger partial charge in [0, 0.05) is 62.7 Å². The van der Waals surface area contributed by atoms with E-state index in [0.717, 1.165) is 80.4 Å². The van der Waals surface area contributed by atoms with Crippen molar-refractivity contribution < 1.29 is 4.52 Å². The Balaban J connectivity index is 0.00000320. The topological polar surface area (TPSA) is 82.7 Å². The number of anilines is 1. The molecule has 3 heterocycles. The van der Waals surface area contributed by atoms with Crippen LogP contribution in [-0.2, 0) is 13.0 Å². The molecule has 0 saturated carbocycles. The molecule has 1 saturated heterocycles. The fourth-order valence-corrected chi connectivity index (χ4v) is 4.31. The number of halogens is 1. The summed E-state index contributed by atoms with van der Waals surface area (Å²) in [7, 11) is 0. The molecular formula is C20H34IN7OS. The minimum Gasteiger partial charge on any atom is -0.359 e. The van der Waals surface area contributed by atoms with Crippen molar-refractivity contribution >= 4 is 46.6 Å². The molecule has 0 aliphatic carbocycles. The first-order valence-corrected chi connectivity index (χ1v) is 11.5. The second kappa shape index (κ2) is 12.4. The highest BCUT2D eigenvalue weighted by molar-refractivity contribution is 14.0. The number of aryl methyl sites for hydroxylation is 1. The largest absolute Gasteiger partial charge is 0.359 e. The lowest BCUT2D eigenvalue weighted by Gasteiger charge is -2.36. The number of hydrogen-bond donors (Lipinski definition) is 1.